The largest absolute Gasteiger partial charge is 0.468 e. The maximum atomic E-state index is 13.1. The lowest BCUT2D eigenvalue weighted by Crippen LogP contribution is -2.60. The summed E-state index contributed by atoms with van der Waals surface area (Å²) in [5.74, 6) is -2.77. The zero-order chi connectivity index (χ0) is 29.7. The van der Waals surface area contributed by atoms with Crippen LogP contribution in [-0.4, -0.2) is 113 Å². The van der Waals surface area contributed by atoms with Crippen molar-refractivity contribution < 1.29 is 63.9 Å². The first-order valence-corrected chi connectivity index (χ1v) is 13.5. The summed E-state index contributed by atoms with van der Waals surface area (Å²) in [4.78, 5) is 25.6. The van der Waals surface area contributed by atoms with Crippen LogP contribution in [0.15, 0.2) is 23.5 Å². The first-order chi connectivity index (χ1) is 19.0. The Bertz CT molecular complexity index is 929. The fraction of sp³-hybridized carbons (Fsp3) is 0.778. The smallest absolute Gasteiger partial charge is 0.337 e. The molecule has 0 bridgehead atoms. The average Bonchev–Trinajstić information content (AvgIpc) is 3.23. The molecule has 13 nitrogen and oxygen atoms in total. The van der Waals surface area contributed by atoms with Crippen molar-refractivity contribution in [2.45, 2.75) is 76.7 Å². The van der Waals surface area contributed by atoms with Crippen molar-refractivity contribution in [1.29, 1.82) is 0 Å². The van der Waals surface area contributed by atoms with E-state index in [2.05, 4.69) is 0 Å². The summed E-state index contributed by atoms with van der Waals surface area (Å²) in [6.45, 7) is 4.70. The van der Waals surface area contributed by atoms with E-state index in [1.807, 2.05) is 13.8 Å². The zero-order valence-corrected chi connectivity index (χ0v) is 23.2. The second kappa shape index (κ2) is 14.2. The molecule has 12 atom stereocenters. The van der Waals surface area contributed by atoms with Crippen LogP contribution in [0.25, 0.3) is 0 Å². The number of rotatable bonds is 10. The van der Waals surface area contributed by atoms with Gasteiger partial charge in [0.05, 0.1) is 44.7 Å². The third kappa shape index (κ3) is 6.85. The van der Waals surface area contributed by atoms with Gasteiger partial charge in [0.1, 0.15) is 24.4 Å². The number of allylic oxidation sites excluding steroid dienone is 1. The summed E-state index contributed by atoms with van der Waals surface area (Å²) in [7, 11) is 1.18. The number of esters is 2. The summed E-state index contributed by atoms with van der Waals surface area (Å²) in [6, 6.07) is 0. The number of carbonyl (C=O) groups is 2. The van der Waals surface area contributed by atoms with Gasteiger partial charge in [-0.2, -0.15) is 0 Å². The molecule has 0 radical (unpaired) electrons. The highest BCUT2D eigenvalue weighted by Gasteiger charge is 2.47. The summed E-state index contributed by atoms with van der Waals surface area (Å²) < 4.78 is 27.2. The molecule has 1 saturated carbocycles. The lowest BCUT2D eigenvalue weighted by molar-refractivity contribution is -0.327. The summed E-state index contributed by atoms with van der Waals surface area (Å²) >= 11 is 0. The number of ether oxygens (including phenoxy) is 5. The van der Waals surface area contributed by atoms with E-state index in [-0.39, 0.29) is 48.9 Å². The van der Waals surface area contributed by atoms with Gasteiger partial charge >= 0.3 is 11.9 Å². The quantitative estimate of drug-likeness (QED) is 0.137. The fourth-order valence-corrected chi connectivity index (χ4v) is 5.92. The number of carbonyl (C=O) groups excluding carboxylic acids is 2. The van der Waals surface area contributed by atoms with Crippen molar-refractivity contribution in [3.8, 4) is 0 Å². The van der Waals surface area contributed by atoms with Crippen molar-refractivity contribution in [3.05, 3.63) is 23.5 Å². The molecule has 2 aliphatic heterocycles. The number of hydrogen-bond acceptors (Lipinski definition) is 13. The van der Waals surface area contributed by atoms with Gasteiger partial charge in [-0.3, -0.25) is 4.79 Å². The molecular formula is C27H42O13. The zero-order valence-electron chi connectivity index (χ0n) is 23.2. The van der Waals surface area contributed by atoms with E-state index in [9.17, 15) is 40.2 Å². The van der Waals surface area contributed by atoms with Crippen LogP contribution in [0.1, 0.15) is 33.6 Å². The van der Waals surface area contributed by atoms with Gasteiger partial charge < -0.3 is 54.3 Å². The molecule has 1 saturated heterocycles. The standard InChI is InChI=1S/C27H42O13/c1-5-14-15(7-20(31)37-10-16-12(2)6-18(30)21(16)13(3)8-28)17(25(35)36-4)11-38-26(14)40-27-24(34)23(33)22(32)19(9-29)39-27/h5,11-13,15-16,18-19,21-24,26-30,32-34H,6-10H2,1-4H3/b14-5+/t12?,13?,15-,16+,18?,19?,21-,22?,23?,24?,26?,27?/m0/s1. The predicted octanol–water partition coefficient (Wildman–Crippen LogP) is -1.03. The molecule has 2 fully saturated rings. The molecule has 6 N–H and O–H groups in total. The Balaban J connectivity index is 1.75. The average molecular weight is 575 g/mol. The van der Waals surface area contributed by atoms with Crippen LogP contribution in [0.4, 0.5) is 0 Å². The van der Waals surface area contributed by atoms with Crippen molar-refractivity contribution in [3.63, 3.8) is 0 Å². The van der Waals surface area contributed by atoms with Gasteiger partial charge in [-0.05, 0) is 31.1 Å². The van der Waals surface area contributed by atoms with Gasteiger partial charge in [-0.25, -0.2) is 4.79 Å². The molecule has 13 heteroatoms. The lowest BCUT2D eigenvalue weighted by atomic mass is 9.82. The number of aliphatic hydroxyl groups excluding tert-OH is 6. The van der Waals surface area contributed by atoms with E-state index in [0.29, 0.717) is 12.0 Å². The third-order valence-electron chi connectivity index (χ3n) is 8.26. The van der Waals surface area contributed by atoms with E-state index >= 15 is 0 Å². The minimum atomic E-state index is -1.69. The van der Waals surface area contributed by atoms with Crippen LogP contribution in [0.5, 0.6) is 0 Å². The Hall–Kier alpha value is -2.10. The van der Waals surface area contributed by atoms with Crippen LogP contribution in [0.2, 0.25) is 0 Å². The van der Waals surface area contributed by atoms with Gasteiger partial charge in [-0.1, -0.05) is 19.9 Å². The van der Waals surface area contributed by atoms with Gasteiger partial charge in [0.15, 0.2) is 6.29 Å². The minimum absolute atomic E-state index is 0.0256. The van der Waals surface area contributed by atoms with Gasteiger partial charge in [-0.15, -0.1) is 0 Å². The predicted molar refractivity (Wildman–Crippen MR) is 136 cm³/mol. The van der Waals surface area contributed by atoms with E-state index in [1.54, 1.807) is 13.0 Å². The molecule has 1 aliphatic carbocycles. The van der Waals surface area contributed by atoms with E-state index < -0.39 is 67.6 Å². The summed E-state index contributed by atoms with van der Waals surface area (Å²) in [6.07, 6.45) is -6.64. The first-order valence-electron chi connectivity index (χ1n) is 13.5. The van der Waals surface area contributed by atoms with E-state index in [1.165, 1.54) is 7.11 Å². The maximum Gasteiger partial charge on any atom is 0.337 e. The second-order valence-corrected chi connectivity index (χ2v) is 10.8. The molecule has 0 aromatic heterocycles. The van der Waals surface area contributed by atoms with Crippen molar-refractivity contribution in [2.24, 2.45) is 29.6 Å². The molecule has 228 valence electrons. The Labute approximate surface area is 232 Å². The maximum absolute atomic E-state index is 13.1. The highest BCUT2D eigenvalue weighted by Crippen LogP contribution is 2.42. The Morgan fingerprint density at radius 1 is 1.15 bits per heavy atom. The van der Waals surface area contributed by atoms with Crippen LogP contribution >= 0.6 is 0 Å². The number of aliphatic hydroxyl groups is 6. The second-order valence-electron chi connectivity index (χ2n) is 10.8. The monoisotopic (exact) mass is 574 g/mol. The Morgan fingerprint density at radius 2 is 1.85 bits per heavy atom. The number of hydrogen-bond donors (Lipinski definition) is 6. The molecular weight excluding hydrogens is 532 g/mol. The Morgan fingerprint density at radius 3 is 2.45 bits per heavy atom. The SMILES string of the molecule is C/C=C1/C(OC2OC(CO)C(O)C(O)C2O)OC=C(C(=O)OC)[C@H]1CC(=O)OC[C@@H]1C(C)CC(O)[C@H]1C(C)CO. The minimum Gasteiger partial charge on any atom is -0.468 e. The molecule has 3 rings (SSSR count). The third-order valence-corrected chi connectivity index (χ3v) is 8.26. The Kier molecular flexibility index (Phi) is 11.5. The molecule has 9 unspecified atom stereocenters. The van der Waals surface area contributed by atoms with Gasteiger partial charge in [0.25, 0.3) is 0 Å². The molecule has 0 spiro atoms. The first kappa shape index (κ1) is 32.4. The summed E-state index contributed by atoms with van der Waals surface area (Å²) in [5.41, 5.74) is 0.339. The normalized spacial score (nSPS) is 39.8. The lowest BCUT2D eigenvalue weighted by Gasteiger charge is -2.41. The summed E-state index contributed by atoms with van der Waals surface area (Å²) in [5, 5.41) is 60.1. The molecule has 0 amide bonds. The van der Waals surface area contributed by atoms with Crippen LogP contribution in [-0.2, 0) is 33.3 Å². The van der Waals surface area contributed by atoms with Crippen molar-refractivity contribution >= 4 is 11.9 Å². The van der Waals surface area contributed by atoms with Crippen molar-refractivity contribution in [2.75, 3.05) is 26.9 Å². The highest BCUT2D eigenvalue weighted by molar-refractivity contribution is 5.90. The topological polar surface area (TPSA) is 202 Å². The van der Waals surface area contributed by atoms with Gasteiger partial charge in [0.2, 0.25) is 6.29 Å². The van der Waals surface area contributed by atoms with Gasteiger partial charge in [0, 0.05) is 24.0 Å². The molecule has 40 heavy (non-hydrogen) atoms. The van der Waals surface area contributed by atoms with E-state index in [0.717, 1.165) is 6.26 Å². The van der Waals surface area contributed by atoms with Crippen LogP contribution in [0, 0.1) is 29.6 Å². The molecule has 0 aromatic carbocycles. The highest BCUT2D eigenvalue weighted by atomic mass is 16.8. The van der Waals surface area contributed by atoms with Crippen molar-refractivity contribution in [1.82, 2.24) is 0 Å². The van der Waals surface area contributed by atoms with E-state index in [4.69, 9.17) is 23.7 Å². The fourth-order valence-electron chi connectivity index (χ4n) is 5.92. The van der Waals surface area contributed by atoms with Crippen LogP contribution < -0.4 is 0 Å². The van der Waals surface area contributed by atoms with Crippen LogP contribution in [0.3, 0.4) is 0 Å². The molecule has 3 aliphatic rings. The number of methoxy groups -OCH3 is 1. The molecule has 2 heterocycles. The molecule has 0 aromatic rings.